The van der Waals surface area contributed by atoms with Crippen LogP contribution >= 0.6 is 0 Å². The van der Waals surface area contributed by atoms with Crippen LogP contribution in [0.4, 0.5) is 15.3 Å². The van der Waals surface area contributed by atoms with Gasteiger partial charge in [0.05, 0.1) is 71.1 Å². The molecular weight excluding hydrogens is 1410 g/mol. The van der Waals surface area contributed by atoms with Crippen molar-refractivity contribution in [3.63, 3.8) is 0 Å². The Labute approximate surface area is 625 Å². The van der Waals surface area contributed by atoms with Crippen LogP contribution in [0, 0.1) is 42.4 Å². The average molecular weight is 1520 g/mol. The van der Waals surface area contributed by atoms with Crippen LogP contribution in [-0.2, 0) is 70.5 Å². The quantitative estimate of drug-likeness (QED) is 0.0127. The van der Waals surface area contributed by atoms with Gasteiger partial charge in [0.25, 0.3) is 5.91 Å². The number of benzene rings is 4. The first-order chi connectivity index (χ1) is 50.0. The highest BCUT2D eigenvalue weighted by Crippen LogP contribution is 2.31. The molecule has 1 saturated heterocycles. The minimum Gasteiger partial charge on any atom is -0.445 e. The van der Waals surface area contributed by atoms with E-state index >= 15 is 0 Å². The van der Waals surface area contributed by atoms with Crippen LogP contribution in [0.2, 0.25) is 0 Å². The van der Waals surface area contributed by atoms with Crippen molar-refractivity contribution < 1.29 is 84.4 Å². The number of carbonyl (C=O) groups excluding carboxylic acids is 10. The largest absolute Gasteiger partial charge is 0.445 e. The fraction of sp³-hybridized carbons (Fsp3) is 0.553. The van der Waals surface area contributed by atoms with E-state index in [2.05, 4.69) is 31.9 Å². The number of amides is 10. The molecule has 1 heterocycles. The summed E-state index contributed by atoms with van der Waals surface area (Å²) in [6.45, 7) is 19.7. The number of aliphatic hydroxyl groups is 1. The molecule has 0 bridgehead atoms. The number of sulfone groups is 1. The van der Waals surface area contributed by atoms with Crippen molar-refractivity contribution in [2.45, 2.75) is 187 Å². The van der Waals surface area contributed by atoms with Crippen LogP contribution < -0.4 is 37.6 Å². The van der Waals surface area contributed by atoms with E-state index in [1.807, 2.05) is 32.0 Å². The number of ether oxygens (including phenoxy) is 3. The molecule has 2 unspecified atom stereocenters. The number of primary amides is 1. The molecule has 1 fully saturated rings. The number of methoxy groups -OCH3 is 2. The zero-order valence-corrected chi connectivity index (χ0v) is 65.1. The summed E-state index contributed by atoms with van der Waals surface area (Å²) in [5.41, 5.74) is 7.47. The van der Waals surface area contributed by atoms with E-state index in [1.54, 1.807) is 111 Å². The third-order valence-corrected chi connectivity index (χ3v) is 22.0. The molecule has 0 spiro atoms. The zero-order chi connectivity index (χ0) is 79.0. The highest BCUT2D eigenvalue weighted by atomic mass is 32.2. The first-order valence-corrected chi connectivity index (χ1v) is 38.8. The Morgan fingerprint density at radius 2 is 1.33 bits per heavy atom. The van der Waals surface area contributed by atoms with Crippen molar-refractivity contribution in [3.05, 3.63) is 131 Å². The number of anilines is 1. The van der Waals surface area contributed by atoms with Crippen molar-refractivity contribution in [2.75, 3.05) is 58.2 Å². The maximum Gasteiger partial charge on any atom is 0.410 e. The molecule has 1 aliphatic heterocycles. The molecule has 0 saturated carbocycles. The average Bonchev–Trinajstić information content (AvgIpc) is 1.39. The van der Waals surface area contributed by atoms with Crippen LogP contribution in [0.3, 0.4) is 0 Å². The SMILES string of the molecule is CC[C@H](C)[C@@H]([C@@H](CC(=O)N1CCC[C@H]1[C@H](OC)[C@@H](C)C(=O)N[C@H](C)[C@@H](O)c1ccccc1)OC)N(C)C(=O)[C@@H](NC(=O)[C@H](C(C)C)N(C)C(=O)OCc1ccc(NC(=O)[C@H](CCCNC(N)=O)NC(=O)[C@@H](NC(=O)c2ccc(C(=O)C(CS(=O)O)CS(=O)(=O)c3ccc(C)cc3)cc2)C(C)C)cc1)C(C)C. The van der Waals surface area contributed by atoms with Crippen molar-refractivity contribution in [2.24, 2.45) is 41.2 Å². The van der Waals surface area contributed by atoms with Crippen LogP contribution in [0.5, 0.6) is 0 Å². The number of Topliss-reactive ketones (excluding diaryl/α,β-unsaturated/α-hetero) is 1. The number of hydrogen-bond acceptors (Lipinski definition) is 17. The first-order valence-electron chi connectivity index (χ1n) is 35.9. The van der Waals surface area contributed by atoms with Crippen molar-refractivity contribution >= 4 is 85.9 Å². The van der Waals surface area contributed by atoms with Gasteiger partial charge in [-0.2, -0.15) is 0 Å². The standard InChI is InChI=1S/C76H110N10O18S2/c1-16-48(9)65(60(102-14)40-61(87)86-39-21-25-59(86)68(103-15)49(10)69(90)79-50(11)66(88)52-22-18-17-19-23-52)84(12)74(95)63(45(4)5)83-73(94)64(46(6)7)85(13)76(97)104-41-51-28-34-56(35-29-51)80-71(92)58(24-20-38-78-75(77)96)81-72(93)62(44(2)3)82-70(91)54-32-30-53(31-33-54)67(89)55(42-105(98)99)43-106(100,101)57-36-26-47(8)27-37-57/h17-19,22-23,26-37,44-46,48-50,55,58-60,62-66,68,88H,16,20-21,24-25,38-43H2,1-15H3,(H,79,90)(H,80,92)(H,81,93)(H,82,91)(H,83,94)(H,98,99)(H3,77,78,96)/t48-,49+,50+,55?,58-,59-,60+,62-,63-,64-,65-,66+,68+/m0/s1. The smallest absolute Gasteiger partial charge is 0.410 e. The molecule has 1 aliphatic rings. The fourth-order valence-electron chi connectivity index (χ4n) is 13.2. The highest BCUT2D eigenvalue weighted by Gasteiger charge is 2.44. The van der Waals surface area contributed by atoms with E-state index in [9.17, 15) is 70.2 Å². The molecule has 0 aliphatic carbocycles. The number of hydrogen-bond donors (Lipinski definition) is 9. The van der Waals surface area contributed by atoms with E-state index in [1.165, 1.54) is 74.7 Å². The van der Waals surface area contributed by atoms with Crippen LogP contribution in [0.1, 0.15) is 151 Å². The molecule has 0 aromatic heterocycles. The number of ketones is 1. The van der Waals surface area contributed by atoms with Gasteiger partial charge in [0, 0.05) is 58.2 Å². The summed E-state index contributed by atoms with van der Waals surface area (Å²) in [5, 5.41) is 27.4. The van der Waals surface area contributed by atoms with Crippen molar-refractivity contribution in [3.8, 4) is 0 Å². The van der Waals surface area contributed by atoms with Gasteiger partial charge >= 0.3 is 12.1 Å². The van der Waals surface area contributed by atoms with E-state index in [4.69, 9.17) is 19.9 Å². The number of nitrogens with zero attached hydrogens (tertiary/aromatic N) is 3. The summed E-state index contributed by atoms with van der Waals surface area (Å²) in [4.78, 5) is 143. The predicted molar refractivity (Wildman–Crippen MR) is 402 cm³/mol. The Balaban J connectivity index is 1.20. The van der Waals surface area contributed by atoms with Gasteiger partial charge < -0.3 is 71.3 Å². The van der Waals surface area contributed by atoms with Gasteiger partial charge in [0.15, 0.2) is 26.7 Å². The minimum atomic E-state index is -4.06. The molecule has 0 radical (unpaired) electrons. The van der Waals surface area contributed by atoms with Crippen LogP contribution in [-0.4, -0.2) is 204 Å². The number of aliphatic hydroxyl groups excluding tert-OH is 1. The maximum atomic E-state index is 14.9. The Kier molecular flexibility index (Phi) is 34.4. The molecule has 30 heteroatoms. The maximum absolute atomic E-state index is 14.9. The highest BCUT2D eigenvalue weighted by molar-refractivity contribution is 7.91. The van der Waals surface area contributed by atoms with Gasteiger partial charge in [-0.1, -0.05) is 141 Å². The number of aryl methyl sites for hydroxylation is 1. The Hall–Kier alpha value is -8.68. The lowest BCUT2D eigenvalue weighted by Gasteiger charge is -2.41. The third-order valence-electron chi connectivity index (χ3n) is 19.4. The van der Waals surface area contributed by atoms with Gasteiger partial charge in [0.1, 0.15) is 30.8 Å². The first kappa shape index (κ1) is 88.0. The molecule has 4 aromatic rings. The summed E-state index contributed by atoms with van der Waals surface area (Å²) in [7, 11) is 1.96. The number of likely N-dealkylation sites (tertiary alicyclic amines) is 1. The van der Waals surface area contributed by atoms with E-state index in [0.29, 0.717) is 36.9 Å². The van der Waals surface area contributed by atoms with Gasteiger partial charge in [0.2, 0.25) is 35.4 Å². The van der Waals surface area contributed by atoms with E-state index < -0.39 is 170 Å². The second-order valence-corrected chi connectivity index (χ2v) is 31.4. The third kappa shape index (κ3) is 25.0. The van der Waals surface area contributed by atoms with Crippen molar-refractivity contribution in [1.29, 1.82) is 0 Å². The molecule has 28 nitrogen and oxygen atoms in total. The Morgan fingerprint density at radius 1 is 0.717 bits per heavy atom. The van der Waals surface area contributed by atoms with Crippen LogP contribution in [0.15, 0.2) is 108 Å². The van der Waals surface area contributed by atoms with E-state index in [0.717, 1.165) is 10.5 Å². The number of rotatable bonds is 40. The lowest BCUT2D eigenvalue weighted by atomic mass is 9.89. The summed E-state index contributed by atoms with van der Waals surface area (Å²) in [5.74, 6) is -9.72. The molecule has 14 atom stereocenters. The van der Waals surface area contributed by atoms with E-state index in [-0.39, 0.29) is 71.9 Å². The summed E-state index contributed by atoms with van der Waals surface area (Å²) in [6, 6.07) is 19.1. The predicted octanol–water partition coefficient (Wildman–Crippen LogP) is 6.71. The molecule has 106 heavy (non-hydrogen) atoms. The molecule has 10 N–H and O–H groups in total. The van der Waals surface area contributed by atoms with Gasteiger partial charge in [-0.05, 0) is 111 Å². The number of nitrogens with two attached hydrogens (primary N) is 1. The van der Waals surface area contributed by atoms with Gasteiger partial charge in [-0.15, -0.1) is 0 Å². The molecule has 4 aromatic carbocycles. The number of urea groups is 1. The van der Waals surface area contributed by atoms with Gasteiger partial charge in [-0.3, -0.25) is 43.3 Å². The Morgan fingerprint density at radius 3 is 1.89 bits per heavy atom. The molecule has 10 amide bonds. The van der Waals surface area contributed by atoms with Crippen LogP contribution in [0.25, 0.3) is 0 Å². The van der Waals surface area contributed by atoms with Crippen molar-refractivity contribution in [1.82, 2.24) is 41.3 Å². The molecule has 584 valence electrons. The fourth-order valence-corrected chi connectivity index (χ4v) is 15.5. The second-order valence-electron chi connectivity index (χ2n) is 28.4. The monoisotopic (exact) mass is 1510 g/mol. The zero-order valence-electron chi connectivity index (χ0n) is 63.5. The second kappa shape index (κ2) is 41.4. The number of likely N-dealkylation sites (N-methyl/N-ethyl adjacent to an activating group) is 2. The lowest BCUT2D eigenvalue weighted by molar-refractivity contribution is -0.148. The van der Waals surface area contributed by atoms with Gasteiger partial charge in [-0.25, -0.2) is 22.2 Å². The summed E-state index contributed by atoms with van der Waals surface area (Å²) < 4.78 is 66.0. The summed E-state index contributed by atoms with van der Waals surface area (Å²) in [6.07, 6.45) is -1.38. The lowest BCUT2D eigenvalue weighted by Crippen LogP contribution is -2.60. The summed E-state index contributed by atoms with van der Waals surface area (Å²) >= 11 is -2.53. The normalized spacial score (nSPS) is 16.8. The Bertz CT molecular complexity index is 3760. The minimum absolute atomic E-state index is 0.00408. The molecular formula is C76H110N10O18S2. The number of carbonyl (C=O) groups is 10. The number of nitrogens with one attached hydrogen (secondary N) is 6. The topological polar surface area (TPSA) is 398 Å². The molecule has 5 rings (SSSR count).